The molecule has 92 valence electrons. The molecule has 0 radical (unpaired) electrons. The van der Waals surface area contributed by atoms with Gasteiger partial charge in [0.05, 0.1) is 9.90 Å². The third-order valence-electron chi connectivity index (χ3n) is 3.48. The van der Waals surface area contributed by atoms with Crippen molar-refractivity contribution >= 4 is 28.7 Å². The normalized spacial score (nSPS) is 21.9. The fourth-order valence-electron chi connectivity index (χ4n) is 2.32. The standard InChI is InChI=1S/C15H13ClOS/c1-9-8-18-15(13(9)16)14(17)12-7-11(12)10-5-3-2-4-6-10/h2-6,8,11-12H,7H2,1H3. The lowest BCUT2D eigenvalue weighted by atomic mass is 10.1. The highest BCUT2D eigenvalue weighted by Gasteiger charge is 2.44. The number of hydrogen-bond donors (Lipinski definition) is 0. The summed E-state index contributed by atoms with van der Waals surface area (Å²) in [6.07, 6.45) is 0.954. The quantitative estimate of drug-likeness (QED) is 0.743. The minimum absolute atomic E-state index is 0.128. The highest BCUT2D eigenvalue weighted by Crippen LogP contribution is 2.50. The molecule has 1 aromatic carbocycles. The van der Waals surface area contributed by atoms with Crippen LogP contribution in [0.15, 0.2) is 35.7 Å². The summed E-state index contributed by atoms with van der Waals surface area (Å²) in [6, 6.07) is 10.2. The fourth-order valence-corrected chi connectivity index (χ4v) is 3.61. The van der Waals surface area contributed by atoms with Crippen LogP contribution >= 0.6 is 22.9 Å². The van der Waals surface area contributed by atoms with Gasteiger partial charge in [0.25, 0.3) is 0 Å². The predicted molar refractivity (Wildman–Crippen MR) is 75.7 cm³/mol. The van der Waals surface area contributed by atoms with Gasteiger partial charge in [-0.15, -0.1) is 11.3 Å². The first-order chi connectivity index (χ1) is 8.68. The van der Waals surface area contributed by atoms with Gasteiger partial charge < -0.3 is 0 Å². The van der Waals surface area contributed by atoms with Crippen molar-refractivity contribution in [2.24, 2.45) is 5.92 Å². The monoisotopic (exact) mass is 276 g/mol. The Morgan fingerprint density at radius 2 is 2.06 bits per heavy atom. The van der Waals surface area contributed by atoms with Crippen molar-refractivity contribution in [3.63, 3.8) is 0 Å². The van der Waals surface area contributed by atoms with Crippen molar-refractivity contribution in [3.8, 4) is 0 Å². The van der Waals surface area contributed by atoms with Gasteiger partial charge in [-0.2, -0.15) is 0 Å². The van der Waals surface area contributed by atoms with Crippen LogP contribution in [0.4, 0.5) is 0 Å². The van der Waals surface area contributed by atoms with Crippen LogP contribution in [0.1, 0.15) is 33.1 Å². The molecule has 1 heterocycles. The molecular weight excluding hydrogens is 264 g/mol. The zero-order valence-corrected chi connectivity index (χ0v) is 11.6. The number of Topliss-reactive ketones (excluding diaryl/α,β-unsaturated/α-hetero) is 1. The number of thiophene rings is 1. The Kier molecular flexibility index (Phi) is 3.00. The first kappa shape index (κ1) is 11.9. The lowest BCUT2D eigenvalue weighted by Crippen LogP contribution is -2.01. The lowest BCUT2D eigenvalue weighted by Gasteiger charge is -2.00. The summed E-state index contributed by atoms with van der Waals surface area (Å²) in [6.45, 7) is 1.94. The molecule has 2 atom stereocenters. The van der Waals surface area contributed by atoms with E-state index in [4.69, 9.17) is 11.6 Å². The number of ketones is 1. The van der Waals surface area contributed by atoms with E-state index in [1.807, 2.05) is 30.5 Å². The van der Waals surface area contributed by atoms with E-state index in [0.717, 1.165) is 16.9 Å². The Morgan fingerprint density at radius 1 is 1.33 bits per heavy atom. The number of rotatable bonds is 3. The van der Waals surface area contributed by atoms with Crippen molar-refractivity contribution in [2.45, 2.75) is 19.3 Å². The molecule has 0 amide bonds. The second-order valence-electron chi connectivity index (χ2n) is 4.79. The van der Waals surface area contributed by atoms with Crippen LogP contribution in [0.3, 0.4) is 0 Å². The first-order valence-electron chi connectivity index (χ1n) is 6.01. The molecular formula is C15H13ClOS. The van der Waals surface area contributed by atoms with Gasteiger partial charge in [-0.25, -0.2) is 0 Å². The van der Waals surface area contributed by atoms with Gasteiger partial charge in [-0.1, -0.05) is 41.9 Å². The summed E-state index contributed by atoms with van der Waals surface area (Å²) in [5.74, 6) is 0.729. The van der Waals surface area contributed by atoms with Gasteiger partial charge in [0.1, 0.15) is 0 Å². The third-order valence-corrected chi connectivity index (χ3v) is 5.19. The van der Waals surface area contributed by atoms with Crippen LogP contribution in [0, 0.1) is 12.8 Å². The van der Waals surface area contributed by atoms with Gasteiger partial charge >= 0.3 is 0 Å². The molecule has 0 aliphatic heterocycles. The number of aryl methyl sites for hydroxylation is 1. The molecule has 1 aliphatic rings. The molecule has 0 N–H and O–H groups in total. The maximum absolute atomic E-state index is 12.4. The number of benzene rings is 1. The summed E-state index contributed by atoms with van der Waals surface area (Å²) < 4.78 is 0. The Bertz CT molecular complexity index is 588. The molecule has 3 rings (SSSR count). The van der Waals surface area contributed by atoms with Crippen molar-refractivity contribution in [1.82, 2.24) is 0 Å². The second kappa shape index (κ2) is 4.52. The molecule has 1 aliphatic carbocycles. The summed E-state index contributed by atoms with van der Waals surface area (Å²) in [5.41, 5.74) is 2.27. The molecule has 0 spiro atoms. The molecule has 3 heteroatoms. The largest absolute Gasteiger partial charge is 0.293 e. The Balaban J connectivity index is 1.79. The van der Waals surface area contributed by atoms with Crippen molar-refractivity contribution < 1.29 is 4.79 Å². The molecule has 1 nitrogen and oxygen atoms in total. The van der Waals surface area contributed by atoms with E-state index in [1.54, 1.807) is 0 Å². The summed E-state index contributed by atoms with van der Waals surface area (Å²) in [4.78, 5) is 13.1. The van der Waals surface area contributed by atoms with Gasteiger partial charge in [0.15, 0.2) is 5.78 Å². The highest BCUT2D eigenvalue weighted by atomic mass is 35.5. The van der Waals surface area contributed by atoms with Crippen LogP contribution in [-0.2, 0) is 0 Å². The van der Waals surface area contributed by atoms with Crippen molar-refractivity contribution in [2.75, 3.05) is 0 Å². The molecule has 18 heavy (non-hydrogen) atoms. The van der Waals surface area contributed by atoms with Gasteiger partial charge in [0.2, 0.25) is 0 Å². The van der Waals surface area contributed by atoms with E-state index in [0.29, 0.717) is 10.9 Å². The molecule has 1 aromatic heterocycles. The predicted octanol–water partition coefficient (Wildman–Crippen LogP) is 4.70. The van der Waals surface area contributed by atoms with Crippen LogP contribution in [0.2, 0.25) is 5.02 Å². The molecule has 0 saturated heterocycles. The van der Waals surface area contributed by atoms with Crippen LogP contribution in [-0.4, -0.2) is 5.78 Å². The fraction of sp³-hybridized carbons (Fsp3) is 0.267. The third kappa shape index (κ3) is 2.00. The maximum atomic E-state index is 12.4. The molecule has 1 fully saturated rings. The van der Waals surface area contributed by atoms with Crippen LogP contribution in [0.25, 0.3) is 0 Å². The molecule has 2 aromatic rings. The smallest absolute Gasteiger partial charge is 0.178 e. The number of halogens is 1. The van der Waals surface area contributed by atoms with Crippen LogP contribution < -0.4 is 0 Å². The van der Waals surface area contributed by atoms with E-state index in [1.165, 1.54) is 16.9 Å². The number of carbonyl (C=O) groups is 1. The number of hydrogen-bond acceptors (Lipinski definition) is 2. The molecule has 1 saturated carbocycles. The Morgan fingerprint density at radius 3 is 2.67 bits per heavy atom. The minimum atomic E-state index is 0.128. The topological polar surface area (TPSA) is 17.1 Å². The van der Waals surface area contributed by atoms with Gasteiger partial charge in [-0.05, 0) is 35.8 Å². The zero-order chi connectivity index (χ0) is 12.7. The Labute approximate surface area is 115 Å². The first-order valence-corrected chi connectivity index (χ1v) is 7.27. The Hall–Kier alpha value is -1.12. The lowest BCUT2D eigenvalue weighted by molar-refractivity contribution is 0.0969. The van der Waals surface area contributed by atoms with E-state index in [-0.39, 0.29) is 11.7 Å². The molecule has 2 unspecified atom stereocenters. The van der Waals surface area contributed by atoms with Gasteiger partial charge in [0, 0.05) is 5.92 Å². The second-order valence-corrected chi connectivity index (χ2v) is 6.04. The summed E-state index contributed by atoms with van der Waals surface area (Å²) in [7, 11) is 0. The van der Waals surface area contributed by atoms with Gasteiger partial charge in [-0.3, -0.25) is 4.79 Å². The highest BCUT2D eigenvalue weighted by molar-refractivity contribution is 7.13. The van der Waals surface area contributed by atoms with E-state index in [2.05, 4.69) is 12.1 Å². The average Bonchev–Trinajstić information content (AvgIpc) is 3.13. The summed E-state index contributed by atoms with van der Waals surface area (Å²) >= 11 is 7.63. The zero-order valence-electron chi connectivity index (χ0n) is 10.0. The SMILES string of the molecule is Cc1csc(C(=O)C2CC2c2ccccc2)c1Cl. The number of carbonyl (C=O) groups excluding carboxylic acids is 1. The maximum Gasteiger partial charge on any atom is 0.178 e. The van der Waals surface area contributed by atoms with E-state index >= 15 is 0 Å². The van der Waals surface area contributed by atoms with Crippen LogP contribution in [0.5, 0.6) is 0 Å². The summed E-state index contributed by atoms with van der Waals surface area (Å²) in [5, 5.41) is 2.60. The molecule has 0 bridgehead atoms. The van der Waals surface area contributed by atoms with Crippen molar-refractivity contribution in [1.29, 1.82) is 0 Å². The van der Waals surface area contributed by atoms with E-state index < -0.39 is 0 Å². The minimum Gasteiger partial charge on any atom is -0.293 e. The average molecular weight is 277 g/mol. The van der Waals surface area contributed by atoms with Crippen molar-refractivity contribution in [3.05, 3.63) is 56.7 Å². The van der Waals surface area contributed by atoms with E-state index in [9.17, 15) is 4.79 Å².